The molecule has 2 nitrogen and oxygen atoms in total. The number of fused-ring (bicyclic) bond motifs is 2. The van der Waals surface area contributed by atoms with Gasteiger partial charge in [-0.3, -0.25) is 0 Å². The maximum absolute atomic E-state index is 6.08. The number of nitrogens with zero attached hydrogens (tertiary/aromatic N) is 1. The zero-order chi connectivity index (χ0) is 22.6. The quantitative estimate of drug-likeness (QED) is 0.283. The molecule has 5 unspecified atom stereocenters. The summed E-state index contributed by atoms with van der Waals surface area (Å²) in [5.74, 6) is 1.88. The minimum atomic E-state index is -0.491. The summed E-state index contributed by atoms with van der Waals surface area (Å²) >= 11 is 3.72. The lowest BCUT2D eigenvalue weighted by atomic mass is 9.46. The van der Waals surface area contributed by atoms with E-state index in [4.69, 9.17) is 9.73 Å². The molecule has 0 bridgehead atoms. The third-order valence-corrected chi connectivity index (χ3v) is 11.3. The number of benzene rings is 3. The van der Waals surface area contributed by atoms with Gasteiger partial charge in [-0.25, -0.2) is 4.99 Å². The molecular formula is C29H27BrNOP. The highest BCUT2D eigenvalue weighted by Crippen LogP contribution is 2.70. The van der Waals surface area contributed by atoms with Gasteiger partial charge in [-0.1, -0.05) is 91.9 Å². The van der Waals surface area contributed by atoms with E-state index in [1.807, 2.05) is 0 Å². The van der Waals surface area contributed by atoms with Crippen molar-refractivity contribution in [1.29, 1.82) is 0 Å². The molecule has 2 aliphatic carbocycles. The number of aliphatic imine (C=N–C) groups is 1. The van der Waals surface area contributed by atoms with E-state index in [9.17, 15) is 0 Å². The van der Waals surface area contributed by atoms with E-state index in [2.05, 4.69) is 121 Å². The molecule has 1 aliphatic heterocycles. The van der Waals surface area contributed by atoms with Crippen molar-refractivity contribution in [3.63, 3.8) is 0 Å². The lowest BCUT2D eigenvalue weighted by Gasteiger charge is -2.66. The van der Waals surface area contributed by atoms with Crippen LogP contribution in [0.1, 0.15) is 25.0 Å². The Morgan fingerprint density at radius 1 is 0.970 bits per heavy atom. The number of hydrogen-bond acceptors (Lipinski definition) is 2. The summed E-state index contributed by atoms with van der Waals surface area (Å²) in [6.07, 6.45) is 4.87. The first kappa shape index (κ1) is 21.3. The Morgan fingerprint density at radius 3 is 2.24 bits per heavy atom. The molecule has 4 heteroatoms. The molecule has 0 amide bonds. The van der Waals surface area contributed by atoms with E-state index in [1.54, 1.807) is 0 Å². The summed E-state index contributed by atoms with van der Waals surface area (Å²) in [7, 11) is -0.491. The molecule has 33 heavy (non-hydrogen) atoms. The van der Waals surface area contributed by atoms with Crippen LogP contribution < -0.4 is 10.6 Å². The minimum absolute atomic E-state index is 0.173. The molecule has 3 aromatic carbocycles. The largest absolute Gasteiger partial charge is 0.473 e. The SMILES string of the molecule is CC(N=C1OCc2cccc(Br)c21)C1C(P(c2ccccc2)c2ccccc2)C2C=CC21C. The number of halogens is 1. The summed E-state index contributed by atoms with van der Waals surface area (Å²) in [6, 6.07) is 28.7. The van der Waals surface area contributed by atoms with E-state index in [0.29, 0.717) is 24.1 Å². The highest BCUT2D eigenvalue weighted by atomic mass is 79.9. The maximum Gasteiger partial charge on any atom is 0.218 e. The molecule has 5 atom stereocenters. The summed E-state index contributed by atoms with van der Waals surface area (Å²) < 4.78 is 7.15. The molecule has 0 spiro atoms. The first-order chi connectivity index (χ1) is 16.1. The van der Waals surface area contributed by atoms with Crippen LogP contribution in [0.15, 0.2) is 100 Å². The topological polar surface area (TPSA) is 21.6 Å². The predicted octanol–water partition coefficient (Wildman–Crippen LogP) is 6.44. The van der Waals surface area contributed by atoms with Gasteiger partial charge >= 0.3 is 0 Å². The fourth-order valence-electron chi connectivity index (χ4n) is 6.11. The number of allylic oxidation sites excluding steroid dienone is 2. The second-order valence-electron chi connectivity index (χ2n) is 9.55. The third kappa shape index (κ3) is 3.35. The van der Waals surface area contributed by atoms with Gasteiger partial charge < -0.3 is 4.74 Å². The van der Waals surface area contributed by atoms with Crippen molar-refractivity contribution in [2.24, 2.45) is 22.2 Å². The van der Waals surface area contributed by atoms with Crippen molar-refractivity contribution >= 4 is 40.4 Å². The van der Waals surface area contributed by atoms with Gasteiger partial charge in [-0.2, -0.15) is 0 Å². The lowest BCUT2D eigenvalue weighted by molar-refractivity contribution is 0.00915. The van der Waals surface area contributed by atoms with E-state index < -0.39 is 7.92 Å². The number of rotatable bonds is 5. The molecule has 0 aromatic heterocycles. The lowest BCUT2D eigenvalue weighted by Crippen LogP contribution is -2.64. The van der Waals surface area contributed by atoms with E-state index >= 15 is 0 Å². The minimum Gasteiger partial charge on any atom is -0.473 e. The average molecular weight is 516 g/mol. The van der Waals surface area contributed by atoms with Crippen molar-refractivity contribution in [3.8, 4) is 0 Å². The molecule has 0 saturated heterocycles. The number of ether oxygens (including phenoxy) is 1. The Balaban J connectivity index is 1.40. The monoisotopic (exact) mass is 515 g/mol. The molecule has 3 aliphatic rings. The van der Waals surface area contributed by atoms with Crippen LogP contribution >= 0.6 is 23.9 Å². The number of hydrogen-bond donors (Lipinski definition) is 0. The van der Waals surface area contributed by atoms with Crippen molar-refractivity contribution < 1.29 is 4.74 Å². The van der Waals surface area contributed by atoms with Gasteiger partial charge in [-0.15, -0.1) is 0 Å². The van der Waals surface area contributed by atoms with Crippen molar-refractivity contribution in [2.45, 2.75) is 32.2 Å². The smallest absolute Gasteiger partial charge is 0.218 e. The summed E-state index contributed by atoms with van der Waals surface area (Å²) in [6.45, 7) is 5.33. The standard InChI is InChI=1S/C29H27BrNOP/c1-19(31-28-25-20(18-32-28)10-9-15-24(25)30)26-27(23-16-17-29(23,26)2)33(21-11-5-3-6-12-21)22-13-7-4-8-14-22/h3-17,19,23,26-27H,18H2,1-2H3. The highest BCUT2D eigenvalue weighted by Gasteiger charge is 2.64. The Kier molecular flexibility index (Phi) is 5.31. The van der Waals surface area contributed by atoms with Gasteiger partial charge in [0.15, 0.2) is 0 Å². The van der Waals surface area contributed by atoms with Crippen LogP contribution in [0.4, 0.5) is 0 Å². The normalized spacial score (nSPS) is 29.1. The fourth-order valence-corrected chi connectivity index (χ4v) is 10.3. The first-order valence-electron chi connectivity index (χ1n) is 11.6. The van der Waals surface area contributed by atoms with Crippen molar-refractivity contribution in [3.05, 3.63) is 107 Å². The van der Waals surface area contributed by atoms with Crippen LogP contribution in [0.3, 0.4) is 0 Å². The molecule has 1 fully saturated rings. The molecule has 0 N–H and O–H groups in total. The van der Waals surface area contributed by atoms with Crippen LogP contribution in [0.2, 0.25) is 0 Å². The predicted molar refractivity (Wildman–Crippen MR) is 142 cm³/mol. The molecule has 166 valence electrons. The fraction of sp³-hybridized carbons (Fsp3) is 0.276. The molecule has 6 rings (SSSR count). The Morgan fingerprint density at radius 2 is 1.64 bits per heavy atom. The van der Waals surface area contributed by atoms with Gasteiger partial charge in [-0.05, 0) is 70.4 Å². The van der Waals surface area contributed by atoms with Crippen molar-refractivity contribution in [1.82, 2.24) is 0 Å². The van der Waals surface area contributed by atoms with Crippen LogP contribution in [-0.4, -0.2) is 17.6 Å². The summed E-state index contributed by atoms with van der Waals surface area (Å²) in [5, 5.41) is 2.92. The van der Waals surface area contributed by atoms with Crippen LogP contribution in [0.5, 0.6) is 0 Å². The van der Waals surface area contributed by atoms with Gasteiger partial charge in [0.05, 0.1) is 11.6 Å². The molecule has 3 aromatic rings. The van der Waals surface area contributed by atoms with E-state index in [0.717, 1.165) is 15.9 Å². The second-order valence-corrected chi connectivity index (χ2v) is 12.8. The zero-order valence-corrected chi connectivity index (χ0v) is 21.3. The van der Waals surface area contributed by atoms with Gasteiger partial charge in [0, 0.05) is 10.0 Å². The first-order valence-corrected chi connectivity index (χ1v) is 13.9. The Labute approximate surface area is 205 Å². The Bertz CT molecular complexity index is 1200. The highest BCUT2D eigenvalue weighted by molar-refractivity contribution is 9.10. The molecule has 0 radical (unpaired) electrons. The zero-order valence-electron chi connectivity index (χ0n) is 18.9. The van der Waals surface area contributed by atoms with Gasteiger partial charge in [0.25, 0.3) is 0 Å². The van der Waals surface area contributed by atoms with Gasteiger partial charge in [0.1, 0.15) is 6.61 Å². The summed E-state index contributed by atoms with van der Waals surface area (Å²) in [4.78, 5) is 5.23. The second kappa shape index (κ2) is 8.22. The Hall–Kier alpha value is -2.22. The third-order valence-electron chi connectivity index (χ3n) is 7.72. The average Bonchev–Trinajstić information content (AvgIpc) is 3.24. The molecular weight excluding hydrogens is 489 g/mol. The van der Waals surface area contributed by atoms with Crippen LogP contribution in [0.25, 0.3) is 0 Å². The molecule has 1 saturated carbocycles. The van der Waals surface area contributed by atoms with Crippen LogP contribution in [0, 0.1) is 17.3 Å². The van der Waals surface area contributed by atoms with Gasteiger partial charge in [0.2, 0.25) is 5.90 Å². The van der Waals surface area contributed by atoms with E-state index in [-0.39, 0.29) is 11.5 Å². The van der Waals surface area contributed by atoms with Crippen LogP contribution in [-0.2, 0) is 11.3 Å². The van der Waals surface area contributed by atoms with Crippen molar-refractivity contribution in [2.75, 3.05) is 0 Å². The van der Waals surface area contributed by atoms with E-state index in [1.165, 1.54) is 16.2 Å². The molecule has 1 heterocycles. The maximum atomic E-state index is 6.08. The summed E-state index contributed by atoms with van der Waals surface area (Å²) in [5.41, 5.74) is 3.12.